The van der Waals surface area contributed by atoms with E-state index < -0.39 is 29.4 Å². The third kappa shape index (κ3) is 3.64. The molecule has 1 aromatic carbocycles. The topological polar surface area (TPSA) is 80.1 Å². The second-order valence-electron chi connectivity index (χ2n) is 6.70. The first-order valence-electron chi connectivity index (χ1n) is 8.65. The Morgan fingerprint density at radius 3 is 2.63 bits per heavy atom. The Bertz CT molecular complexity index is 844. The van der Waals surface area contributed by atoms with E-state index in [4.69, 9.17) is 9.15 Å². The number of ether oxygens (including phenoxy) is 1. The first-order valence-corrected chi connectivity index (χ1v) is 8.65. The second kappa shape index (κ2) is 7.75. The van der Waals surface area contributed by atoms with Gasteiger partial charge in [-0.15, -0.1) is 0 Å². The minimum atomic E-state index is -1.14. The van der Waals surface area contributed by atoms with Crippen molar-refractivity contribution in [2.24, 2.45) is 5.92 Å². The second-order valence-corrected chi connectivity index (χ2v) is 6.70. The molecule has 1 aliphatic rings. The minimum Gasteiger partial charge on any atom is -0.497 e. The first-order chi connectivity index (χ1) is 12.9. The van der Waals surface area contributed by atoms with E-state index in [0.29, 0.717) is 30.2 Å². The van der Waals surface area contributed by atoms with Crippen LogP contribution in [-0.4, -0.2) is 61.6 Å². The van der Waals surface area contributed by atoms with Crippen molar-refractivity contribution in [3.05, 3.63) is 54.0 Å². The lowest BCUT2D eigenvalue weighted by Crippen LogP contribution is -2.36. The van der Waals surface area contributed by atoms with E-state index in [0.717, 1.165) is 0 Å². The van der Waals surface area contributed by atoms with Crippen LogP contribution in [0, 0.1) is 5.92 Å². The highest BCUT2D eigenvalue weighted by Gasteiger charge is 2.52. The molecule has 1 amide bonds. The third-order valence-corrected chi connectivity index (χ3v) is 4.67. The molecule has 1 aromatic heterocycles. The van der Waals surface area contributed by atoms with E-state index in [2.05, 4.69) is 0 Å². The maximum Gasteiger partial charge on any atom is 0.291 e. The van der Waals surface area contributed by atoms with Gasteiger partial charge in [-0.25, -0.2) is 0 Å². The quantitative estimate of drug-likeness (QED) is 0.420. The fraction of sp³-hybridized carbons (Fsp3) is 0.350. The summed E-state index contributed by atoms with van der Waals surface area (Å²) in [5.41, 5.74) is 0.325. The van der Waals surface area contributed by atoms with E-state index in [-0.39, 0.29) is 0 Å². The Hall–Kier alpha value is -2.93. The van der Waals surface area contributed by atoms with Gasteiger partial charge in [0, 0.05) is 18.7 Å². The Morgan fingerprint density at radius 2 is 2.00 bits per heavy atom. The molecule has 0 N–H and O–H groups in total. The van der Waals surface area contributed by atoms with Crippen molar-refractivity contribution in [2.75, 3.05) is 34.3 Å². The van der Waals surface area contributed by atoms with Gasteiger partial charge in [-0.2, -0.15) is 0 Å². The first kappa shape index (κ1) is 18.8. The lowest BCUT2D eigenvalue weighted by Gasteiger charge is -2.26. The number of carbonyl (C=O) groups excluding carboxylic acids is 3. The zero-order chi connectivity index (χ0) is 19.6. The number of rotatable bonds is 7. The van der Waals surface area contributed by atoms with E-state index in [9.17, 15) is 14.4 Å². The van der Waals surface area contributed by atoms with Crippen molar-refractivity contribution in [1.82, 2.24) is 9.80 Å². The summed E-state index contributed by atoms with van der Waals surface area (Å²) in [6.45, 7) is 0.890. The van der Waals surface area contributed by atoms with Crippen molar-refractivity contribution in [2.45, 2.75) is 6.04 Å². The molecule has 0 bridgehead atoms. The minimum absolute atomic E-state index is 0.324. The number of likely N-dealkylation sites (N-methyl/N-ethyl adjacent to an activating group) is 1. The predicted molar refractivity (Wildman–Crippen MR) is 97.5 cm³/mol. The largest absolute Gasteiger partial charge is 0.497 e. The van der Waals surface area contributed by atoms with Gasteiger partial charge >= 0.3 is 0 Å². The Balaban J connectivity index is 1.99. The number of furan rings is 1. The highest BCUT2D eigenvalue weighted by atomic mass is 16.5. The van der Waals surface area contributed by atoms with Crippen LogP contribution in [0.3, 0.4) is 0 Å². The number of Topliss-reactive ketones (excluding diaryl/α,β-unsaturated/α-hetero) is 2. The molecule has 0 saturated carbocycles. The third-order valence-electron chi connectivity index (χ3n) is 4.67. The molecule has 0 radical (unpaired) electrons. The summed E-state index contributed by atoms with van der Waals surface area (Å²) >= 11 is 0. The van der Waals surface area contributed by atoms with Gasteiger partial charge < -0.3 is 19.0 Å². The van der Waals surface area contributed by atoms with Gasteiger partial charge in [-0.05, 0) is 38.4 Å². The molecule has 2 unspecified atom stereocenters. The molecule has 7 nitrogen and oxygen atoms in total. The molecule has 1 aliphatic heterocycles. The number of carbonyl (C=O) groups is 3. The molecule has 142 valence electrons. The summed E-state index contributed by atoms with van der Waals surface area (Å²) in [4.78, 5) is 41.9. The number of amides is 1. The standard InChI is InChI=1S/C20H22N2O5/c1-21(2)9-10-22-17(15-8-5-11-27-15)16(19(24)20(22)25)18(23)13-6-4-7-14(12-13)26-3/h4-8,11-12,16-17H,9-10H2,1-3H3. The van der Waals surface area contributed by atoms with Gasteiger partial charge in [0.2, 0.25) is 5.78 Å². The summed E-state index contributed by atoms with van der Waals surface area (Å²) in [6.07, 6.45) is 1.47. The van der Waals surface area contributed by atoms with Gasteiger partial charge in [0.1, 0.15) is 23.5 Å². The lowest BCUT2D eigenvalue weighted by molar-refractivity contribution is -0.140. The summed E-state index contributed by atoms with van der Waals surface area (Å²) < 4.78 is 10.6. The highest BCUT2D eigenvalue weighted by molar-refractivity contribution is 6.44. The van der Waals surface area contributed by atoms with Gasteiger partial charge in [0.25, 0.3) is 5.91 Å². The molecule has 7 heteroatoms. The fourth-order valence-corrected chi connectivity index (χ4v) is 3.27. The average molecular weight is 370 g/mol. The lowest BCUT2D eigenvalue weighted by atomic mass is 9.88. The van der Waals surface area contributed by atoms with E-state index >= 15 is 0 Å². The molecule has 1 saturated heterocycles. The number of hydrogen-bond donors (Lipinski definition) is 0. The highest BCUT2D eigenvalue weighted by Crippen LogP contribution is 2.38. The fourth-order valence-electron chi connectivity index (χ4n) is 3.27. The number of likely N-dealkylation sites (tertiary alicyclic amines) is 1. The maximum atomic E-state index is 13.2. The van der Waals surface area contributed by atoms with Crippen LogP contribution in [-0.2, 0) is 9.59 Å². The molecule has 2 atom stereocenters. The van der Waals surface area contributed by atoms with Crippen molar-refractivity contribution < 1.29 is 23.5 Å². The van der Waals surface area contributed by atoms with Crippen LogP contribution in [0.5, 0.6) is 5.75 Å². The Labute approximate surface area is 157 Å². The number of benzene rings is 1. The number of nitrogens with zero attached hydrogens (tertiary/aromatic N) is 2. The number of methoxy groups -OCH3 is 1. The van der Waals surface area contributed by atoms with Crippen molar-refractivity contribution in [3.63, 3.8) is 0 Å². The zero-order valence-electron chi connectivity index (χ0n) is 15.5. The molecular weight excluding hydrogens is 348 g/mol. The van der Waals surface area contributed by atoms with E-state index in [1.807, 2.05) is 19.0 Å². The van der Waals surface area contributed by atoms with Crippen molar-refractivity contribution in [3.8, 4) is 5.75 Å². The molecule has 2 heterocycles. The summed E-state index contributed by atoms with van der Waals surface area (Å²) in [7, 11) is 5.26. The number of hydrogen-bond acceptors (Lipinski definition) is 6. The molecule has 3 rings (SSSR count). The smallest absolute Gasteiger partial charge is 0.291 e. The van der Waals surface area contributed by atoms with Crippen LogP contribution in [0.4, 0.5) is 0 Å². The van der Waals surface area contributed by atoms with Crippen LogP contribution in [0.2, 0.25) is 0 Å². The van der Waals surface area contributed by atoms with Crippen molar-refractivity contribution >= 4 is 17.5 Å². The summed E-state index contributed by atoms with van der Waals surface area (Å²) in [5, 5.41) is 0. The van der Waals surface area contributed by atoms with Crippen LogP contribution in [0.1, 0.15) is 22.2 Å². The van der Waals surface area contributed by atoms with E-state index in [1.54, 1.807) is 36.4 Å². The van der Waals surface area contributed by atoms with E-state index in [1.165, 1.54) is 18.3 Å². The zero-order valence-corrected chi connectivity index (χ0v) is 15.5. The molecule has 0 aliphatic carbocycles. The molecule has 1 fully saturated rings. The van der Waals surface area contributed by atoms with Gasteiger partial charge in [0.05, 0.1) is 13.4 Å². The summed E-state index contributed by atoms with van der Waals surface area (Å²) in [5.74, 6) is -1.98. The predicted octanol–water partition coefficient (Wildman–Crippen LogP) is 1.80. The van der Waals surface area contributed by atoms with Crippen LogP contribution in [0.15, 0.2) is 47.1 Å². The molecular formula is C20H22N2O5. The van der Waals surface area contributed by atoms with Crippen LogP contribution >= 0.6 is 0 Å². The maximum absolute atomic E-state index is 13.2. The van der Waals surface area contributed by atoms with Gasteiger partial charge in [0.15, 0.2) is 5.78 Å². The molecule has 2 aromatic rings. The number of ketones is 2. The van der Waals surface area contributed by atoms with Gasteiger partial charge in [-0.1, -0.05) is 12.1 Å². The monoisotopic (exact) mass is 370 g/mol. The SMILES string of the molecule is COc1cccc(C(=O)C2C(=O)C(=O)N(CCN(C)C)C2c2ccco2)c1. The van der Waals surface area contributed by atoms with Crippen LogP contribution < -0.4 is 4.74 Å². The Kier molecular flexibility index (Phi) is 5.41. The van der Waals surface area contributed by atoms with Crippen LogP contribution in [0.25, 0.3) is 0 Å². The summed E-state index contributed by atoms with van der Waals surface area (Å²) in [6, 6.07) is 9.19. The molecule has 0 spiro atoms. The van der Waals surface area contributed by atoms with Gasteiger partial charge in [-0.3, -0.25) is 14.4 Å². The Morgan fingerprint density at radius 1 is 1.22 bits per heavy atom. The normalized spacial score (nSPS) is 19.8. The molecule has 27 heavy (non-hydrogen) atoms. The average Bonchev–Trinajstić information content (AvgIpc) is 3.27. The van der Waals surface area contributed by atoms with Crippen molar-refractivity contribution in [1.29, 1.82) is 0 Å².